The van der Waals surface area contributed by atoms with Crippen LogP contribution in [0.2, 0.25) is 18.1 Å². The van der Waals surface area contributed by atoms with Gasteiger partial charge in [-0.3, -0.25) is 14.4 Å². The van der Waals surface area contributed by atoms with E-state index < -0.39 is 56.9 Å². The lowest BCUT2D eigenvalue weighted by molar-refractivity contribution is -0.258. The third-order valence-corrected chi connectivity index (χ3v) is 18.4. The smallest absolute Gasteiger partial charge is 0.306 e. The van der Waals surface area contributed by atoms with Crippen LogP contribution in [-0.2, 0) is 52.3 Å². The van der Waals surface area contributed by atoms with E-state index in [1.807, 2.05) is 18.2 Å². The molecule has 1 saturated heterocycles. The molecule has 11 heteroatoms. The second-order valence-electron chi connectivity index (χ2n) is 20.6. The Kier molecular flexibility index (Phi) is 26.2. The molecule has 1 fully saturated rings. The van der Waals surface area contributed by atoms with E-state index >= 15 is 0 Å². The molecule has 0 bridgehead atoms. The van der Waals surface area contributed by atoms with Crippen LogP contribution in [0, 0.1) is 0 Å². The summed E-state index contributed by atoms with van der Waals surface area (Å²) in [4.78, 5) is 40.5. The van der Waals surface area contributed by atoms with Gasteiger partial charge in [-0.1, -0.05) is 176 Å². The number of aryl methyl sites for hydroxylation is 3. The van der Waals surface area contributed by atoms with Crippen LogP contribution in [0.1, 0.15) is 166 Å². The second-order valence-corrected chi connectivity index (χ2v) is 25.5. The van der Waals surface area contributed by atoms with Crippen LogP contribution < -0.4 is 5.32 Å². The molecule has 1 amide bonds. The molecule has 1 heterocycles. The zero-order valence-corrected chi connectivity index (χ0v) is 43.3. The fraction of sp³-hybridized carbons (Fsp3) is 0.632. The molecule has 4 rings (SSSR count). The lowest BCUT2D eigenvalue weighted by Crippen LogP contribution is -2.65. The first-order valence-corrected chi connectivity index (χ1v) is 29.1. The van der Waals surface area contributed by atoms with Gasteiger partial charge in [0.25, 0.3) is 0 Å². The molecule has 10 nitrogen and oxygen atoms in total. The zero-order chi connectivity index (χ0) is 49.0. The predicted molar refractivity (Wildman–Crippen MR) is 275 cm³/mol. The van der Waals surface area contributed by atoms with Gasteiger partial charge in [-0.15, -0.1) is 0 Å². The topological polar surface area (TPSA) is 141 Å². The number of aliphatic hydroxyl groups excluding tert-OH is 2. The summed E-state index contributed by atoms with van der Waals surface area (Å²) in [6.45, 7) is 10.5. The van der Waals surface area contributed by atoms with Gasteiger partial charge < -0.3 is 34.2 Å². The highest BCUT2D eigenvalue weighted by Crippen LogP contribution is 2.37. The number of aliphatic hydroxyl groups is 2. The van der Waals surface area contributed by atoms with Gasteiger partial charge in [0.05, 0.1) is 13.0 Å². The Morgan fingerprint density at radius 3 is 1.51 bits per heavy atom. The van der Waals surface area contributed by atoms with Crippen molar-refractivity contribution in [1.29, 1.82) is 0 Å². The average molecular weight is 958 g/mol. The standard InChI is InChI=1S/C57H87NO9Si/c1-57(2,3)68(4,5)64-44-49-54(62)55(67-52(61)42-30-13-9-7-11-20-32-46-36-24-17-25-37-46)53(56(63)66-49)58-50(59)43-48(40-28-15-14-21-33-47-38-26-18-27-39-47)65-51(60)41-29-12-8-6-10-19-31-45-34-22-16-23-35-45/h16-18,22-27,34-39,48-49,53-56,62-63H,6-15,19-21,28-33,40-44H2,1-5H3,(H,58,59)/t48-,49+,53+,54+,55+,56+/m0/s1. The van der Waals surface area contributed by atoms with Gasteiger partial charge in [-0.25, -0.2) is 0 Å². The number of carbonyl (C=O) groups excluding carboxylic acids is 3. The molecule has 3 aromatic carbocycles. The maximum Gasteiger partial charge on any atom is 0.306 e. The molecule has 0 radical (unpaired) electrons. The molecular formula is C57H87NO9Si. The fourth-order valence-electron chi connectivity index (χ4n) is 8.58. The molecular weight excluding hydrogens is 871 g/mol. The Balaban J connectivity index is 1.31. The van der Waals surface area contributed by atoms with Crippen molar-refractivity contribution in [2.24, 2.45) is 0 Å². The van der Waals surface area contributed by atoms with Crippen molar-refractivity contribution in [2.75, 3.05) is 6.61 Å². The Labute approximate surface area is 410 Å². The van der Waals surface area contributed by atoms with E-state index in [1.54, 1.807) is 0 Å². The lowest BCUT2D eigenvalue weighted by atomic mass is 9.96. The quantitative estimate of drug-likeness (QED) is 0.0309. The Morgan fingerprint density at radius 2 is 1.04 bits per heavy atom. The van der Waals surface area contributed by atoms with Gasteiger partial charge in [0.1, 0.15) is 24.4 Å². The molecule has 6 atom stereocenters. The van der Waals surface area contributed by atoms with Crippen LogP contribution in [-0.4, -0.2) is 79.7 Å². The predicted octanol–water partition coefficient (Wildman–Crippen LogP) is 11.9. The first-order valence-electron chi connectivity index (χ1n) is 26.2. The Bertz CT molecular complexity index is 1820. The zero-order valence-electron chi connectivity index (χ0n) is 42.3. The number of benzene rings is 3. The van der Waals surface area contributed by atoms with Crippen molar-refractivity contribution in [3.05, 3.63) is 108 Å². The molecule has 3 aromatic rings. The molecule has 378 valence electrons. The minimum absolute atomic E-state index is 0.00859. The number of esters is 2. The molecule has 0 aliphatic carbocycles. The van der Waals surface area contributed by atoms with Gasteiger partial charge in [-0.05, 0) is 99.0 Å². The number of amides is 1. The number of unbranched alkanes of at least 4 members (excludes halogenated alkanes) is 13. The van der Waals surface area contributed by atoms with Crippen molar-refractivity contribution < 1.29 is 43.2 Å². The first-order chi connectivity index (χ1) is 32.7. The highest BCUT2D eigenvalue weighted by molar-refractivity contribution is 6.74. The van der Waals surface area contributed by atoms with E-state index in [2.05, 4.69) is 112 Å². The highest BCUT2D eigenvalue weighted by Gasteiger charge is 2.49. The third kappa shape index (κ3) is 22.3. The van der Waals surface area contributed by atoms with Crippen molar-refractivity contribution in [2.45, 2.75) is 223 Å². The molecule has 1 aliphatic rings. The van der Waals surface area contributed by atoms with Crippen molar-refractivity contribution in [3.63, 3.8) is 0 Å². The van der Waals surface area contributed by atoms with Gasteiger partial charge in [-0.2, -0.15) is 0 Å². The number of ether oxygens (including phenoxy) is 3. The number of hydrogen-bond donors (Lipinski definition) is 3. The van der Waals surface area contributed by atoms with E-state index in [4.69, 9.17) is 18.6 Å². The van der Waals surface area contributed by atoms with E-state index in [0.717, 1.165) is 116 Å². The average Bonchev–Trinajstić information content (AvgIpc) is 3.31. The largest absolute Gasteiger partial charge is 0.462 e. The van der Waals surface area contributed by atoms with Gasteiger partial charge in [0.15, 0.2) is 20.7 Å². The molecule has 0 unspecified atom stereocenters. The Hall–Kier alpha value is -3.87. The number of nitrogens with one attached hydrogen (secondary N) is 1. The molecule has 68 heavy (non-hydrogen) atoms. The summed E-state index contributed by atoms with van der Waals surface area (Å²) in [5.74, 6) is -1.33. The summed E-state index contributed by atoms with van der Waals surface area (Å²) in [7, 11) is -2.28. The number of hydrogen-bond acceptors (Lipinski definition) is 9. The van der Waals surface area contributed by atoms with Gasteiger partial charge in [0, 0.05) is 12.8 Å². The number of carbonyl (C=O) groups is 3. The number of rotatable bonds is 33. The van der Waals surface area contributed by atoms with E-state index in [-0.39, 0.29) is 36.9 Å². The summed E-state index contributed by atoms with van der Waals surface area (Å²) in [6, 6.07) is 30.2. The third-order valence-electron chi connectivity index (χ3n) is 13.9. The summed E-state index contributed by atoms with van der Waals surface area (Å²) in [5, 5.41) is 25.9. The van der Waals surface area contributed by atoms with Crippen molar-refractivity contribution in [1.82, 2.24) is 5.32 Å². The van der Waals surface area contributed by atoms with Crippen LogP contribution in [0.4, 0.5) is 0 Å². The molecule has 3 N–H and O–H groups in total. The summed E-state index contributed by atoms with van der Waals surface area (Å²) < 4.78 is 24.2. The lowest BCUT2D eigenvalue weighted by Gasteiger charge is -2.44. The minimum atomic E-state index is -2.28. The Morgan fingerprint density at radius 1 is 0.618 bits per heavy atom. The maximum atomic E-state index is 13.9. The highest BCUT2D eigenvalue weighted by atomic mass is 28.4. The summed E-state index contributed by atoms with van der Waals surface area (Å²) in [5.41, 5.74) is 4.02. The van der Waals surface area contributed by atoms with Crippen molar-refractivity contribution in [3.8, 4) is 0 Å². The van der Waals surface area contributed by atoms with E-state index in [0.29, 0.717) is 12.8 Å². The normalized spacial score (nSPS) is 19.0. The van der Waals surface area contributed by atoms with Crippen LogP contribution >= 0.6 is 0 Å². The second kappa shape index (κ2) is 31.4. The van der Waals surface area contributed by atoms with Gasteiger partial charge in [0.2, 0.25) is 5.91 Å². The molecule has 0 spiro atoms. The molecule has 0 aromatic heterocycles. The SMILES string of the molecule is CC(C)(C)[Si](C)(C)OC[C@H]1O[C@@H](O)[C@H](NC(=O)C[C@H](CCCCCCc2ccccc2)OC(=O)CCCCCCCCc2ccccc2)[C@@H](OC(=O)CCCCCCCCc2ccccc2)[C@@H]1O. The van der Waals surface area contributed by atoms with Crippen LogP contribution in [0.25, 0.3) is 0 Å². The van der Waals surface area contributed by atoms with Crippen LogP contribution in [0.5, 0.6) is 0 Å². The van der Waals surface area contributed by atoms with Crippen molar-refractivity contribution >= 4 is 26.2 Å². The monoisotopic (exact) mass is 958 g/mol. The van der Waals surface area contributed by atoms with Crippen LogP contribution in [0.3, 0.4) is 0 Å². The van der Waals surface area contributed by atoms with E-state index in [9.17, 15) is 24.6 Å². The molecule has 1 aliphatic heterocycles. The molecule has 0 saturated carbocycles. The minimum Gasteiger partial charge on any atom is -0.462 e. The fourth-order valence-corrected chi connectivity index (χ4v) is 9.60. The van der Waals surface area contributed by atoms with Gasteiger partial charge >= 0.3 is 11.9 Å². The summed E-state index contributed by atoms with van der Waals surface area (Å²) in [6.07, 6.45) is 13.7. The first kappa shape index (κ1) is 56.7. The summed E-state index contributed by atoms with van der Waals surface area (Å²) >= 11 is 0. The van der Waals surface area contributed by atoms with Crippen LogP contribution in [0.15, 0.2) is 91.0 Å². The van der Waals surface area contributed by atoms with E-state index in [1.165, 1.54) is 16.7 Å². The maximum absolute atomic E-state index is 13.9.